The molecule has 5 nitrogen and oxygen atoms in total. The van der Waals surface area contributed by atoms with Gasteiger partial charge in [0.25, 0.3) is 0 Å². The predicted octanol–water partition coefficient (Wildman–Crippen LogP) is 3.18. The number of hydrogen-bond acceptors (Lipinski definition) is 4. The largest absolute Gasteiger partial charge is 0.493 e. The first-order valence-electron chi connectivity index (χ1n) is 7.58. The lowest BCUT2D eigenvalue weighted by molar-refractivity contribution is -0.116. The number of carbonyl (C=O) groups is 1. The minimum Gasteiger partial charge on any atom is -0.493 e. The molecule has 2 rings (SSSR count). The number of rotatable bonds is 7. The molecular weight excluding hydrogens is 325 g/mol. The summed E-state index contributed by atoms with van der Waals surface area (Å²) in [4.78, 5) is 12.0. The molecule has 1 amide bonds. The number of amides is 1. The van der Waals surface area contributed by atoms with Crippen molar-refractivity contribution >= 4 is 12.0 Å². The Bertz CT molecular complexity index is 757. The highest BCUT2D eigenvalue weighted by Gasteiger charge is 2.14. The second kappa shape index (κ2) is 8.73. The molecule has 0 aliphatic carbocycles. The molecule has 0 saturated carbocycles. The minimum atomic E-state index is -0.310. The van der Waals surface area contributed by atoms with E-state index >= 15 is 0 Å². The molecule has 0 aromatic heterocycles. The average Bonchev–Trinajstić information content (AvgIpc) is 2.64. The molecule has 0 saturated heterocycles. The predicted molar refractivity (Wildman–Crippen MR) is 93.4 cm³/mol. The summed E-state index contributed by atoms with van der Waals surface area (Å²) in [6.45, 7) is 0.312. The molecule has 0 aliphatic rings. The van der Waals surface area contributed by atoms with Crippen LogP contribution in [0.3, 0.4) is 0 Å². The average molecular weight is 345 g/mol. The van der Waals surface area contributed by atoms with Crippen LogP contribution in [-0.2, 0) is 11.3 Å². The van der Waals surface area contributed by atoms with Crippen molar-refractivity contribution in [3.05, 3.63) is 59.4 Å². The molecule has 0 fully saturated rings. The van der Waals surface area contributed by atoms with Gasteiger partial charge in [-0.25, -0.2) is 4.39 Å². The summed E-state index contributed by atoms with van der Waals surface area (Å²) in [7, 11) is 4.57. The van der Waals surface area contributed by atoms with Gasteiger partial charge in [0.1, 0.15) is 5.82 Å². The van der Waals surface area contributed by atoms with E-state index in [1.165, 1.54) is 39.5 Å². The number of benzene rings is 2. The van der Waals surface area contributed by atoms with E-state index in [9.17, 15) is 9.18 Å². The SMILES string of the molecule is COc1ccc(/C=C/C(=O)NCc2ccc(F)cc2)c(OC)c1OC. The zero-order valence-corrected chi connectivity index (χ0v) is 14.3. The van der Waals surface area contributed by atoms with Crippen LogP contribution < -0.4 is 19.5 Å². The lowest BCUT2D eigenvalue weighted by atomic mass is 10.1. The van der Waals surface area contributed by atoms with Gasteiger partial charge in [0.2, 0.25) is 11.7 Å². The van der Waals surface area contributed by atoms with Crippen LogP contribution in [0.15, 0.2) is 42.5 Å². The van der Waals surface area contributed by atoms with Crippen molar-refractivity contribution in [1.29, 1.82) is 0 Å². The smallest absolute Gasteiger partial charge is 0.244 e. The van der Waals surface area contributed by atoms with Crippen molar-refractivity contribution in [3.8, 4) is 17.2 Å². The van der Waals surface area contributed by atoms with Crippen LogP contribution in [0.4, 0.5) is 4.39 Å². The van der Waals surface area contributed by atoms with Gasteiger partial charge in [-0.15, -0.1) is 0 Å². The Morgan fingerprint density at radius 2 is 1.68 bits per heavy atom. The van der Waals surface area contributed by atoms with Crippen LogP contribution in [0.25, 0.3) is 6.08 Å². The summed E-state index contributed by atoms with van der Waals surface area (Å²) in [5, 5.41) is 2.73. The molecule has 0 radical (unpaired) electrons. The molecule has 25 heavy (non-hydrogen) atoms. The molecule has 132 valence electrons. The third-order valence-electron chi connectivity index (χ3n) is 3.53. The van der Waals surface area contributed by atoms with Crippen molar-refractivity contribution in [2.75, 3.05) is 21.3 Å². The van der Waals surface area contributed by atoms with Gasteiger partial charge in [0.15, 0.2) is 11.5 Å². The molecule has 1 N–H and O–H groups in total. The Morgan fingerprint density at radius 3 is 2.28 bits per heavy atom. The van der Waals surface area contributed by atoms with E-state index in [0.717, 1.165) is 5.56 Å². The number of nitrogens with one attached hydrogen (secondary N) is 1. The first-order valence-corrected chi connectivity index (χ1v) is 7.58. The lowest BCUT2D eigenvalue weighted by Crippen LogP contribution is -2.20. The van der Waals surface area contributed by atoms with Gasteiger partial charge < -0.3 is 19.5 Å². The number of hydrogen-bond donors (Lipinski definition) is 1. The van der Waals surface area contributed by atoms with E-state index in [4.69, 9.17) is 14.2 Å². The summed E-state index contributed by atoms with van der Waals surface area (Å²) < 4.78 is 28.7. The van der Waals surface area contributed by atoms with Crippen molar-refractivity contribution in [2.24, 2.45) is 0 Å². The maximum Gasteiger partial charge on any atom is 0.244 e. The Hall–Kier alpha value is -3.02. The van der Waals surface area contributed by atoms with Gasteiger partial charge >= 0.3 is 0 Å². The summed E-state index contributed by atoms with van der Waals surface area (Å²) in [6.07, 6.45) is 3.02. The number of methoxy groups -OCH3 is 3. The summed E-state index contributed by atoms with van der Waals surface area (Å²) in [5.41, 5.74) is 1.49. The molecule has 2 aromatic carbocycles. The maximum absolute atomic E-state index is 12.9. The molecule has 6 heteroatoms. The molecule has 0 heterocycles. The molecule has 0 spiro atoms. The highest BCUT2D eigenvalue weighted by Crippen LogP contribution is 2.40. The van der Waals surface area contributed by atoms with Crippen molar-refractivity contribution in [1.82, 2.24) is 5.32 Å². The van der Waals surface area contributed by atoms with Gasteiger partial charge in [-0.1, -0.05) is 12.1 Å². The second-order valence-corrected chi connectivity index (χ2v) is 5.10. The topological polar surface area (TPSA) is 56.8 Å². The summed E-state index contributed by atoms with van der Waals surface area (Å²) >= 11 is 0. The van der Waals surface area contributed by atoms with Crippen LogP contribution in [0.2, 0.25) is 0 Å². The van der Waals surface area contributed by atoms with E-state index in [2.05, 4.69) is 5.32 Å². The zero-order chi connectivity index (χ0) is 18.2. The van der Waals surface area contributed by atoms with E-state index in [1.54, 1.807) is 30.3 Å². The van der Waals surface area contributed by atoms with E-state index in [-0.39, 0.29) is 11.7 Å². The fraction of sp³-hybridized carbons (Fsp3) is 0.211. The lowest BCUT2D eigenvalue weighted by Gasteiger charge is -2.13. The number of ether oxygens (including phenoxy) is 3. The molecule has 0 unspecified atom stereocenters. The molecule has 0 bridgehead atoms. The molecule has 0 atom stereocenters. The summed E-state index contributed by atoms with van der Waals surface area (Å²) in [5.74, 6) is 0.886. The van der Waals surface area contributed by atoms with Gasteiger partial charge in [0.05, 0.1) is 21.3 Å². The van der Waals surface area contributed by atoms with Crippen LogP contribution >= 0.6 is 0 Å². The number of halogens is 1. The quantitative estimate of drug-likeness (QED) is 0.783. The Morgan fingerprint density at radius 1 is 1.00 bits per heavy atom. The normalized spacial score (nSPS) is 10.6. The monoisotopic (exact) mass is 345 g/mol. The second-order valence-electron chi connectivity index (χ2n) is 5.10. The Balaban J connectivity index is 2.07. The van der Waals surface area contributed by atoms with E-state index in [0.29, 0.717) is 29.4 Å². The molecule has 2 aromatic rings. The van der Waals surface area contributed by atoms with Crippen molar-refractivity contribution < 1.29 is 23.4 Å². The third kappa shape index (κ3) is 4.73. The fourth-order valence-corrected chi connectivity index (χ4v) is 2.27. The molecular formula is C19H20FNO4. The highest BCUT2D eigenvalue weighted by atomic mass is 19.1. The summed E-state index contributed by atoms with van der Waals surface area (Å²) in [6, 6.07) is 9.45. The molecule has 0 aliphatic heterocycles. The van der Waals surface area contributed by atoms with Gasteiger partial charge in [-0.05, 0) is 35.9 Å². The maximum atomic E-state index is 12.9. The van der Waals surface area contributed by atoms with Gasteiger partial charge in [0, 0.05) is 18.2 Å². The Kier molecular flexibility index (Phi) is 6.39. The van der Waals surface area contributed by atoms with E-state index in [1.807, 2.05) is 0 Å². The van der Waals surface area contributed by atoms with E-state index < -0.39 is 0 Å². The fourth-order valence-electron chi connectivity index (χ4n) is 2.27. The van der Waals surface area contributed by atoms with Crippen molar-refractivity contribution in [2.45, 2.75) is 6.54 Å². The number of carbonyl (C=O) groups excluding carboxylic acids is 1. The Labute approximate surface area is 146 Å². The minimum absolute atomic E-state index is 0.277. The third-order valence-corrected chi connectivity index (χ3v) is 3.53. The van der Waals surface area contributed by atoms with Gasteiger partial charge in [-0.2, -0.15) is 0 Å². The highest BCUT2D eigenvalue weighted by molar-refractivity contribution is 5.92. The van der Waals surface area contributed by atoms with Crippen molar-refractivity contribution in [3.63, 3.8) is 0 Å². The zero-order valence-electron chi connectivity index (χ0n) is 14.3. The van der Waals surface area contributed by atoms with Crippen LogP contribution in [0.1, 0.15) is 11.1 Å². The first-order chi connectivity index (χ1) is 12.1. The van der Waals surface area contributed by atoms with Crippen LogP contribution in [0.5, 0.6) is 17.2 Å². The van der Waals surface area contributed by atoms with Gasteiger partial charge in [-0.3, -0.25) is 4.79 Å². The van der Waals surface area contributed by atoms with Crippen LogP contribution in [-0.4, -0.2) is 27.2 Å². The van der Waals surface area contributed by atoms with Crippen LogP contribution in [0, 0.1) is 5.82 Å². The first kappa shape index (κ1) is 18.3. The standard InChI is InChI=1S/C19H20FNO4/c1-23-16-10-6-14(18(24-2)19(16)25-3)7-11-17(22)21-12-13-4-8-15(20)9-5-13/h4-11H,12H2,1-3H3,(H,21,22)/b11-7+.